The molecule has 1 aliphatic rings. The van der Waals surface area contributed by atoms with Crippen molar-refractivity contribution in [3.8, 4) is 0 Å². The zero-order valence-electron chi connectivity index (χ0n) is 14.1. The lowest BCUT2D eigenvalue weighted by atomic mass is 10.1. The Hall–Kier alpha value is -1.57. The van der Waals surface area contributed by atoms with Crippen molar-refractivity contribution in [2.75, 3.05) is 20.1 Å². The quantitative estimate of drug-likeness (QED) is 0.860. The second-order valence-electron chi connectivity index (χ2n) is 6.29. The lowest BCUT2D eigenvalue weighted by Crippen LogP contribution is -2.45. The van der Waals surface area contributed by atoms with Crippen molar-refractivity contribution < 1.29 is 13.2 Å². The van der Waals surface area contributed by atoms with E-state index in [9.17, 15) is 13.2 Å². The highest BCUT2D eigenvalue weighted by molar-refractivity contribution is 7.90. The molecule has 136 valence electrons. The van der Waals surface area contributed by atoms with Crippen LogP contribution in [-0.2, 0) is 21.4 Å². The third kappa shape index (κ3) is 3.99. The van der Waals surface area contributed by atoms with Crippen LogP contribution in [0.25, 0.3) is 10.9 Å². The fourth-order valence-corrected chi connectivity index (χ4v) is 4.67. The summed E-state index contributed by atoms with van der Waals surface area (Å²) in [4.78, 5) is 14.2. The van der Waals surface area contributed by atoms with Gasteiger partial charge in [0, 0.05) is 48.2 Å². The molecule has 0 radical (unpaired) electrons. The first-order chi connectivity index (χ1) is 11.9. The van der Waals surface area contributed by atoms with E-state index < -0.39 is 15.3 Å². The number of fused-ring (bicyclic) bond motifs is 1. The number of carbonyl (C=O) groups is 1. The normalized spacial score (nSPS) is 16.5. The van der Waals surface area contributed by atoms with Gasteiger partial charge in [-0.05, 0) is 44.2 Å². The molecule has 0 aliphatic carbocycles. The van der Waals surface area contributed by atoms with E-state index in [0.717, 1.165) is 10.9 Å². The van der Waals surface area contributed by atoms with Crippen molar-refractivity contribution in [1.82, 2.24) is 14.2 Å². The molecule has 0 spiro atoms. The number of piperidine rings is 1. The lowest BCUT2D eigenvalue weighted by Gasteiger charge is -2.31. The zero-order chi connectivity index (χ0) is 18.0. The van der Waals surface area contributed by atoms with Crippen LogP contribution in [0.15, 0.2) is 30.5 Å². The number of halogens is 1. The molecule has 1 fully saturated rings. The highest BCUT2D eigenvalue weighted by Gasteiger charge is 2.30. The SMILES string of the molecule is CNS(=O)(=O)C1CCN(C(=O)CCn2ccc3cc(Cl)ccc32)CC1. The van der Waals surface area contributed by atoms with Gasteiger partial charge in [-0.15, -0.1) is 0 Å². The summed E-state index contributed by atoms with van der Waals surface area (Å²) in [5.41, 5.74) is 1.05. The number of amides is 1. The fourth-order valence-electron chi connectivity index (χ4n) is 3.32. The number of carbonyl (C=O) groups excluding carboxylic acids is 1. The Morgan fingerprint density at radius 2 is 2.00 bits per heavy atom. The maximum atomic E-state index is 12.4. The second kappa shape index (κ2) is 7.35. The van der Waals surface area contributed by atoms with Gasteiger partial charge in [-0.1, -0.05) is 11.6 Å². The van der Waals surface area contributed by atoms with Crippen molar-refractivity contribution in [2.45, 2.75) is 31.1 Å². The summed E-state index contributed by atoms with van der Waals surface area (Å²) >= 11 is 5.99. The van der Waals surface area contributed by atoms with E-state index in [1.165, 1.54) is 7.05 Å². The average Bonchev–Trinajstić information content (AvgIpc) is 3.01. The lowest BCUT2D eigenvalue weighted by molar-refractivity contribution is -0.132. The molecule has 1 N–H and O–H groups in total. The number of nitrogens with zero attached hydrogens (tertiary/aromatic N) is 2. The minimum atomic E-state index is -3.25. The molecule has 1 amide bonds. The van der Waals surface area contributed by atoms with Gasteiger partial charge in [0.15, 0.2) is 0 Å². The first-order valence-corrected chi connectivity index (χ1v) is 10.3. The second-order valence-corrected chi connectivity index (χ2v) is 8.89. The Morgan fingerprint density at radius 1 is 1.28 bits per heavy atom. The maximum absolute atomic E-state index is 12.4. The summed E-state index contributed by atoms with van der Waals surface area (Å²) in [6.45, 7) is 1.58. The number of aryl methyl sites for hydroxylation is 1. The van der Waals surface area contributed by atoms with Gasteiger partial charge in [-0.25, -0.2) is 13.1 Å². The minimum Gasteiger partial charge on any atom is -0.347 e. The van der Waals surface area contributed by atoms with Gasteiger partial charge < -0.3 is 9.47 Å². The van der Waals surface area contributed by atoms with Crippen molar-refractivity contribution in [3.05, 3.63) is 35.5 Å². The van der Waals surface area contributed by atoms with Crippen LogP contribution >= 0.6 is 11.6 Å². The van der Waals surface area contributed by atoms with E-state index in [4.69, 9.17) is 11.6 Å². The number of benzene rings is 1. The van der Waals surface area contributed by atoms with Gasteiger partial charge in [-0.2, -0.15) is 0 Å². The molecular weight excluding hydrogens is 362 g/mol. The Balaban J connectivity index is 1.56. The molecule has 0 bridgehead atoms. The number of nitrogens with one attached hydrogen (secondary N) is 1. The van der Waals surface area contributed by atoms with Crippen LogP contribution in [0, 0.1) is 0 Å². The molecule has 25 heavy (non-hydrogen) atoms. The number of rotatable bonds is 5. The molecular formula is C17H22ClN3O3S. The smallest absolute Gasteiger partial charge is 0.224 e. The number of aromatic nitrogens is 1. The van der Waals surface area contributed by atoms with Crippen LogP contribution in [0.3, 0.4) is 0 Å². The summed E-state index contributed by atoms with van der Waals surface area (Å²) in [5.74, 6) is 0.0659. The Labute approximate surface area is 152 Å². The van der Waals surface area contributed by atoms with E-state index in [1.807, 2.05) is 35.0 Å². The Bertz CT molecular complexity index is 870. The van der Waals surface area contributed by atoms with Crippen LogP contribution in [-0.4, -0.2) is 49.2 Å². The summed E-state index contributed by atoms with van der Waals surface area (Å²) in [5, 5.41) is 1.35. The molecule has 1 aromatic carbocycles. The van der Waals surface area contributed by atoms with Crippen LogP contribution in [0.4, 0.5) is 0 Å². The van der Waals surface area contributed by atoms with Gasteiger partial charge >= 0.3 is 0 Å². The third-order valence-electron chi connectivity index (χ3n) is 4.82. The molecule has 1 saturated heterocycles. The van der Waals surface area contributed by atoms with Gasteiger partial charge in [0.25, 0.3) is 0 Å². The third-order valence-corrected chi connectivity index (χ3v) is 6.97. The Morgan fingerprint density at radius 3 is 2.68 bits per heavy atom. The summed E-state index contributed by atoms with van der Waals surface area (Å²) < 4.78 is 28.1. The molecule has 2 aromatic rings. The van der Waals surface area contributed by atoms with E-state index in [-0.39, 0.29) is 5.91 Å². The number of likely N-dealkylation sites (tertiary alicyclic amines) is 1. The molecule has 1 aromatic heterocycles. The predicted octanol–water partition coefficient (Wildman–Crippen LogP) is 2.23. The molecule has 2 heterocycles. The standard InChI is InChI=1S/C17H22ClN3O3S/c1-19-25(23,24)15-5-9-21(10-6-15)17(22)7-11-20-8-4-13-12-14(18)2-3-16(13)20/h2-4,8,12,15,19H,5-7,9-11H2,1H3. The molecule has 8 heteroatoms. The molecule has 1 aliphatic heterocycles. The number of hydrogen-bond acceptors (Lipinski definition) is 3. The van der Waals surface area contributed by atoms with Crippen molar-refractivity contribution in [1.29, 1.82) is 0 Å². The molecule has 0 unspecified atom stereocenters. The molecule has 6 nitrogen and oxygen atoms in total. The number of hydrogen-bond donors (Lipinski definition) is 1. The van der Waals surface area contributed by atoms with Gasteiger partial charge in [-0.3, -0.25) is 4.79 Å². The van der Waals surface area contributed by atoms with Crippen LogP contribution in [0.5, 0.6) is 0 Å². The molecule has 0 atom stereocenters. The summed E-state index contributed by atoms with van der Waals surface area (Å²) in [6.07, 6.45) is 3.33. The van der Waals surface area contributed by atoms with Gasteiger partial charge in [0.1, 0.15) is 0 Å². The van der Waals surface area contributed by atoms with Crippen molar-refractivity contribution >= 4 is 38.4 Å². The Kier molecular flexibility index (Phi) is 5.36. The van der Waals surface area contributed by atoms with Crippen molar-refractivity contribution in [2.24, 2.45) is 0 Å². The van der Waals surface area contributed by atoms with Crippen molar-refractivity contribution in [3.63, 3.8) is 0 Å². The monoisotopic (exact) mass is 383 g/mol. The zero-order valence-corrected chi connectivity index (χ0v) is 15.7. The van der Waals surface area contributed by atoms with Crippen LogP contribution < -0.4 is 4.72 Å². The van der Waals surface area contributed by atoms with Crippen LogP contribution in [0.1, 0.15) is 19.3 Å². The van der Waals surface area contributed by atoms with E-state index >= 15 is 0 Å². The average molecular weight is 384 g/mol. The topological polar surface area (TPSA) is 71.4 Å². The number of sulfonamides is 1. The minimum absolute atomic E-state index is 0.0659. The highest BCUT2D eigenvalue weighted by atomic mass is 35.5. The summed E-state index contributed by atoms with van der Waals surface area (Å²) in [7, 11) is -1.82. The van der Waals surface area contributed by atoms with Gasteiger partial charge in [0.2, 0.25) is 15.9 Å². The fraction of sp³-hybridized carbons (Fsp3) is 0.471. The van der Waals surface area contributed by atoms with E-state index in [0.29, 0.717) is 43.9 Å². The van der Waals surface area contributed by atoms with Crippen LogP contribution in [0.2, 0.25) is 5.02 Å². The maximum Gasteiger partial charge on any atom is 0.224 e. The van der Waals surface area contributed by atoms with Gasteiger partial charge in [0.05, 0.1) is 5.25 Å². The first kappa shape index (κ1) is 18.2. The highest BCUT2D eigenvalue weighted by Crippen LogP contribution is 2.21. The summed E-state index contributed by atoms with van der Waals surface area (Å²) in [6, 6.07) is 7.69. The van der Waals surface area contributed by atoms with E-state index in [2.05, 4.69) is 4.72 Å². The molecule has 0 saturated carbocycles. The molecule has 3 rings (SSSR count). The largest absolute Gasteiger partial charge is 0.347 e. The predicted molar refractivity (Wildman–Crippen MR) is 99.1 cm³/mol. The first-order valence-electron chi connectivity index (χ1n) is 8.35. The van der Waals surface area contributed by atoms with E-state index in [1.54, 1.807) is 4.90 Å².